The first kappa shape index (κ1) is 49.8. The molecule has 0 amide bonds. The first-order valence-electron chi connectivity index (χ1n) is 24.8. The quantitative estimate of drug-likeness (QED) is 0.0305. The number of benzene rings is 5. The van der Waals surface area contributed by atoms with Crippen molar-refractivity contribution in [3.63, 3.8) is 0 Å². The molecule has 0 fully saturated rings. The number of aromatic nitrogens is 5. The molecule has 13 nitrogen and oxygen atoms in total. The van der Waals surface area contributed by atoms with Gasteiger partial charge in [0.05, 0.1) is 33.8 Å². The standard InChI is InChI=1S/C63H53N5O8/c1-3-34-69-52-22-24-53(25-23-52)72-38-36-70-50-18-10-44(11-19-50)58-30-14-46-8-9-47-15-31-59(68-63(47)62(46)67-58)45-12-20-51(21-13-45)71-37-39-73-54-26-28-55(29-27-54)74-40-41-76-61-33-17-49(43-65-61)57-7-5-6-56(66-57)48-16-32-60(64-42-48)75-35-4-2/h3-33,42-43H,1-2,34-41H2. The number of hydrogen-bond donors (Lipinski definition) is 0. The Kier molecular flexibility index (Phi) is 16.2. The normalized spacial score (nSPS) is 10.9. The van der Waals surface area contributed by atoms with Gasteiger partial charge in [-0.25, -0.2) is 24.9 Å². The van der Waals surface area contributed by atoms with Crippen LogP contribution in [0.4, 0.5) is 0 Å². The Morgan fingerprint density at radius 1 is 0.303 bits per heavy atom. The van der Waals surface area contributed by atoms with Crippen molar-refractivity contribution in [1.82, 2.24) is 24.9 Å². The third-order valence-electron chi connectivity index (χ3n) is 11.8. The summed E-state index contributed by atoms with van der Waals surface area (Å²) in [4.78, 5) is 23.9. The molecule has 0 bridgehead atoms. The molecule has 0 saturated heterocycles. The Labute approximate surface area is 440 Å². The number of rotatable bonds is 25. The molecule has 5 heterocycles. The van der Waals surface area contributed by atoms with Crippen LogP contribution in [0.15, 0.2) is 214 Å². The second kappa shape index (κ2) is 24.8. The number of nitrogens with zero attached hydrogens (tertiary/aromatic N) is 5. The first-order chi connectivity index (χ1) is 37.5. The number of pyridine rings is 5. The lowest BCUT2D eigenvalue weighted by Gasteiger charge is -2.11. The Morgan fingerprint density at radius 3 is 1.03 bits per heavy atom. The number of hydrogen-bond acceptors (Lipinski definition) is 13. The molecule has 10 aromatic rings. The highest BCUT2D eigenvalue weighted by Crippen LogP contribution is 2.31. The number of ether oxygens (including phenoxy) is 8. The molecule has 5 aromatic heterocycles. The van der Waals surface area contributed by atoms with Gasteiger partial charge in [0.25, 0.3) is 0 Å². The van der Waals surface area contributed by atoms with Crippen LogP contribution in [0.25, 0.3) is 66.8 Å². The highest BCUT2D eigenvalue weighted by Gasteiger charge is 2.11. The van der Waals surface area contributed by atoms with E-state index in [9.17, 15) is 0 Å². The van der Waals surface area contributed by atoms with E-state index in [0.717, 1.165) is 89.8 Å². The molecule has 10 rings (SSSR count). The lowest BCUT2D eigenvalue weighted by atomic mass is 10.1. The zero-order chi connectivity index (χ0) is 51.7. The molecule has 0 spiro atoms. The Bertz CT molecular complexity index is 3510. The van der Waals surface area contributed by atoms with Gasteiger partial charge in [-0.05, 0) is 133 Å². The summed E-state index contributed by atoms with van der Waals surface area (Å²) < 4.78 is 46.5. The highest BCUT2D eigenvalue weighted by atomic mass is 16.5. The van der Waals surface area contributed by atoms with Crippen LogP contribution in [0.1, 0.15) is 0 Å². The van der Waals surface area contributed by atoms with Crippen molar-refractivity contribution >= 4 is 21.8 Å². The Balaban J connectivity index is 0.652. The van der Waals surface area contributed by atoms with Crippen LogP contribution < -0.4 is 37.9 Å². The van der Waals surface area contributed by atoms with Gasteiger partial charge in [0.15, 0.2) is 0 Å². The maximum Gasteiger partial charge on any atom is 0.213 e. The van der Waals surface area contributed by atoms with E-state index in [-0.39, 0.29) is 0 Å². The summed E-state index contributed by atoms with van der Waals surface area (Å²) in [5.74, 6) is 5.44. The van der Waals surface area contributed by atoms with Gasteiger partial charge in [-0.1, -0.05) is 55.6 Å². The Hall–Kier alpha value is -9.75. The smallest absolute Gasteiger partial charge is 0.213 e. The molecule has 76 heavy (non-hydrogen) atoms. The van der Waals surface area contributed by atoms with Gasteiger partial charge in [0.2, 0.25) is 11.8 Å². The van der Waals surface area contributed by atoms with Crippen LogP contribution in [-0.2, 0) is 0 Å². The minimum Gasteiger partial charge on any atom is -0.490 e. The van der Waals surface area contributed by atoms with E-state index in [0.29, 0.717) is 76.1 Å². The summed E-state index contributed by atoms with van der Waals surface area (Å²) in [6.45, 7) is 10.4. The van der Waals surface area contributed by atoms with Crippen molar-refractivity contribution in [3.8, 4) is 91.3 Å². The maximum atomic E-state index is 6.02. The van der Waals surface area contributed by atoms with E-state index >= 15 is 0 Å². The van der Waals surface area contributed by atoms with Gasteiger partial charge in [-0.3, -0.25) is 0 Å². The fraction of sp³-hybridized carbons (Fsp3) is 0.127. The van der Waals surface area contributed by atoms with Crippen LogP contribution in [-0.4, -0.2) is 77.8 Å². The fourth-order valence-corrected chi connectivity index (χ4v) is 8.03. The summed E-state index contributed by atoms with van der Waals surface area (Å²) >= 11 is 0. The molecule has 0 aliphatic heterocycles. The monoisotopic (exact) mass is 1010 g/mol. The van der Waals surface area contributed by atoms with Gasteiger partial charge >= 0.3 is 0 Å². The van der Waals surface area contributed by atoms with Crippen molar-refractivity contribution in [3.05, 3.63) is 214 Å². The van der Waals surface area contributed by atoms with E-state index in [1.807, 2.05) is 152 Å². The van der Waals surface area contributed by atoms with Crippen molar-refractivity contribution in [2.24, 2.45) is 0 Å². The van der Waals surface area contributed by atoms with Crippen LogP contribution in [0, 0.1) is 0 Å². The highest BCUT2D eigenvalue weighted by molar-refractivity contribution is 6.04. The van der Waals surface area contributed by atoms with Gasteiger partial charge in [-0.15, -0.1) is 0 Å². The van der Waals surface area contributed by atoms with E-state index in [2.05, 4.69) is 47.4 Å². The average Bonchev–Trinajstić information content (AvgIpc) is 3.49. The second-order valence-corrected chi connectivity index (χ2v) is 17.1. The van der Waals surface area contributed by atoms with E-state index < -0.39 is 0 Å². The summed E-state index contributed by atoms with van der Waals surface area (Å²) in [6, 6.07) is 56.6. The van der Waals surface area contributed by atoms with Crippen molar-refractivity contribution in [1.29, 1.82) is 0 Å². The van der Waals surface area contributed by atoms with Gasteiger partial charge < -0.3 is 37.9 Å². The molecule has 0 saturated carbocycles. The molecule has 0 atom stereocenters. The molecule has 5 aromatic carbocycles. The summed E-state index contributed by atoms with van der Waals surface area (Å²) in [7, 11) is 0. The molecule has 0 aliphatic rings. The SMILES string of the molecule is C=CCOc1ccc(OCCOc2ccc(-c3ccc4ccc5ccc(-c6ccc(OCCOc7ccc(OCCOc8ccc(-c9cccc(-c%10ccc(OCC=C)nc%10)n9)cn8)cc7)cc6)nc5c4n3)cc2)cc1. The maximum absolute atomic E-state index is 6.02. The minimum absolute atomic E-state index is 0.323. The fourth-order valence-electron chi connectivity index (χ4n) is 8.03. The summed E-state index contributed by atoms with van der Waals surface area (Å²) in [5, 5.41) is 2.03. The summed E-state index contributed by atoms with van der Waals surface area (Å²) in [5.41, 5.74) is 8.64. The molecule has 0 aliphatic carbocycles. The molecular formula is C63H53N5O8. The molecule has 0 radical (unpaired) electrons. The van der Waals surface area contributed by atoms with Gasteiger partial charge in [0, 0.05) is 57.6 Å². The largest absolute Gasteiger partial charge is 0.490 e. The third kappa shape index (κ3) is 13.1. The molecule has 378 valence electrons. The Morgan fingerprint density at radius 2 is 0.632 bits per heavy atom. The lowest BCUT2D eigenvalue weighted by Crippen LogP contribution is -2.10. The number of fused-ring (bicyclic) bond motifs is 3. The summed E-state index contributed by atoms with van der Waals surface area (Å²) in [6.07, 6.45) is 6.88. The molecule has 0 unspecified atom stereocenters. The zero-order valence-electron chi connectivity index (χ0n) is 41.6. The zero-order valence-corrected chi connectivity index (χ0v) is 41.6. The van der Waals surface area contributed by atoms with Gasteiger partial charge in [0.1, 0.15) is 87.4 Å². The molecular weight excluding hydrogens is 955 g/mol. The predicted octanol–water partition coefficient (Wildman–Crippen LogP) is 13.1. The first-order valence-corrected chi connectivity index (χ1v) is 24.8. The van der Waals surface area contributed by atoms with Crippen LogP contribution in [0.3, 0.4) is 0 Å². The van der Waals surface area contributed by atoms with Crippen LogP contribution in [0.2, 0.25) is 0 Å². The van der Waals surface area contributed by atoms with Crippen molar-refractivity contribution in [2.75, 3.05) is 52.9 Å². The second-order valence-electron chi connectivity index (χ2n) is 17.1. The molecule has 0 N–H and O–H groups in total. The predicted molar refractivity (Wildman–Crippen MR) is 296 cm³/mol. The van der Waals surface area contributed by atoms with Crippen LogP contribution >= 0.6 is 0 Å². The van der Waals surface area contributed by atoms with E-state index in [1.54, 1.807) is 24.5 Å². The van der Waals surface area contributed by atoms with E-state index in [1.165, 1.54) is 0 Å². The topological polar surface area (TPSA) is 138 Å². The van der Waals surface area contributed by atoms with Gasteiger partial charge in [-0.2, -0.15) is 0 Å². The van der Waals surface area contributed by atoms with Crippen LogP contribution in [0.5, 0.6) is 46.3 Å². The average molecular weight is 1010 g/mol. The lowest BCUT2D eigenvalue weighted by molar-refractivity contribution is 0.210. The van der Waals surface area contributed by atoms with Crippen molar-refractivity contribution < 1.29 is 37.9 Å². The minimum atomic E-state index is 0.323. The third-order valence-corrected chi connectivity index (χ3v) is 11.8. The van der Waals surface area contributed by atoms with Crippen molar-refractivity contribution in [2.45, 2.75) is 0 Å². The molecule has 13 heteroatoms. The van der Waals surface area contributed by atoms with E-state index in [4.69, 9.17) is 52.8 Å².